The number of carboxylic acids is 1. The van der Waals surface area contributed by atoms with E-state index in [0.29, 0.717) is 26.1 Å². The lowest BCUT2D eigenvalue weighted by Gasteiger charge is -2.07. The molecule has 174 valence electrons. The van der Waals surface area contributed by atoms with Gasteiger partial charge in [-0.3, -0.25) is 4.57 Å². The third-order valence-corrected chi connectivity index (χ3v) is 5.31. The van der Waals surface area contributed by atoms with Gasteiger partial charge in [-0.25, -0.2) is 14.3 Å². The van der Waals surface area contributed by atoms with Gasteiger partial charge in [0.2, 0.25) is 0 Å². The highest BCUT2D eigenvalue weighted by atomic mass is 16.5. The summed E-state index contributed by atoms with van der Waals surface area (Å²) in [6.07, 6.45) is 3.85. The highest BCUT2D eigenvalue weighted by Gasteiger charge is 2.13. The maximum Gasteiger partial charge on any atom is 0.346 e. The van der Waals surface area contributed by atoms with Crippen LogP contribution < -0.4 is 10.4 Å². The second kappa shape index (κ2) is 11.3. The zero-order chi connectivity index (χ0) is 23.8. The molecule has 0 fully saturated rings. The summed E-state index contributed by atoms with van der Waals surface area (Å²) in [6.45, 7) is 7.25. The molecule has 7 heteroatoms. The molecule has 1 aromatic heterocycles. The van der Waals surface area contributed by atoms with Crippen LogP contribution in [0.1, 0.15) is 49.2 Å². The van der Waals surface area contributed by atoms with Gasteiger partial charge in [-0.2, -0.15) is 5.10 Å². The molecule has 0 atom stereocenters. The molecular weight excluding hydrogens is 418 g/mol. The number of aliphatic carboxylic acids is 1. The van der Waals surface area contributed by atoms with Crippen molar-refractivity contribution in [3.63, 3.8) is 0 Å². The Labute approximate surface area is 194 Å². The van der Waals surface area contributed by atoms with Crippen molar-refractivity contribution in [2.75, 3.05) is 6.61 Å². The van der Waals surface area contributed by atoms with E-state index < -0.39 is 5.97 Å². The van der Waals surface area contributed by atoms with Crippen LogP contribution in [0.5, 0.6) is 5.75 Å². The SMILES string of the molecule is CCCn1c(CCCOc2ccc(/C=C(\C)C(=O)O)cc2)nn(Cc2ccc(C)cc2)c1=O. The zero-order valence-corrected chi connectivity index (χ0v) is 19.5. The summed E-state index contributed by atoms with van der Waals surface area (Å²) in [5.74, 6) is 0.566. The minimum atomic E-state index is -0.932. The van der Waals surface area contributed by atoms with Gasteiger partial charge in [0.25, 0.3) is 0 Å². The quantitative estimate of drug-likeness (QED) is 0.348. The highest BCUT2D eigenvalue weighted by molar-refractivity contribution is 5.91. The first-order chi connectivity index (χ1) is 15.9. The Balaban J connectivity index is 1.59. The maximum atomic E-state index is 12.8. The van der Waals surface area contributed by atoms with Crippen molar-refractivity contribution in [3.8, 4) is 5.75 Å². The van der Waals surface area contributed by atoms with Gasteiger partial charge in [0.05, 0.1) is 13.2 Å². The molecular formula is C26H31N3O4. The van der Waals surface area contributed by atoms with Crippen molar-refractivity contribution in [2.24, 2.45) is 0 Å². The molecule has 0 saturated carbocycles. The lowest BCUT2D eigenvalue weighted by Crippen LogP contribution is -2.26. The molecule has 0 saturated heterocycles. The number of hydrogen-bond acceptors (Lipinski definition) is 4. The van der Waals surface area contributed by atoms with Gasteiger partial charge in [-0.15, -0.1) is 0 Å². The van der Waals surface area contributed by atoms with Crippen LogP contribution >= 0.6 is 0 Å². The second-order valence-electron chi connectivity index (χ2n) is 8.15. The molecule has 0 amide bonds. The summed E-state index contributed by atoms with van der Waals surface area (Å²) in [4.78, 5) is 23.8. The lowest BCUT2D eigenvalue weighted by atomic mass is 10.1. The van der Waals surface area contributed by atoms with E-state index in [1.165, 1.54) is 5.56 Å². The van der Waals surface area contributed by atoms with Crippen molar-refractivity contribution >= 4 is 12.0 Å². The van der Waals surface area contributed by atoms with Gasteiger partial charge < -0.3 is 9.84 Å². The standard InChI is InChI=1S/C26H31N3O4/c1-4-15-28-24(27-29(26(28)32)18-22-9-7-19(2)8-10-22)6-5-16-33-23-13-11-21(12-14-23)17-20(3)25(30)31/h7-14,17H,4-6,15-16,18H2,1-3H3,(H,30,31)/b20-17+. The molecule has 3 rings (SSSR count). The summed E-state index contributed by atoms with van der Waals surface area (Å²) < 4.78 is 9.13. The molecule has 0 aliphatic heterocycles. The predicted octanol–water partition coefficient (Wildman–Crippen LogP) is 4.31. The third-order valence-electron chi connectivity index (χ3n) is 5.31. The van der Waals surface area contributed by atoms with E-state index in [9.17, 15) is 9.59 Å². The molecule has 0 bridgehead atoms. The molecule has 0 aliphatic carbocycles. The van der Waals surface area contributed by atoms with Gasteiger partial charge in [0.15, 0.2) is 0 Å². The number of carbonyl (C=O) groups is 1. The molecule has 0 spiro atoms. The molecule has 7 nitrogen and oxygen atoms in total. The molecule has 0 radical (unpaired) electrons. The van der Waals surface area contributed by atoms with E-state index in [1.54, 1.807) is 22.2 Å². The fourth-order valence-corrected chi connectivity index (χ4v) is 3.48. The number of ether oxygens (including phenoxy) is 1. The number of rotatable bonds is 11. The van der Waals surface area contributed by atoms with Crippen LogP contribution in [0.15, 0.2) is 58.9 Å². The van der Waals surface area contributed by atoms with E-state index in [2.05, 4.69) is 5.10 Å². The highest BCUT2D eigenvalue weighted by Crippen LogP contribution is 2.15. The van der Waals surface area contributed by atoms with Crippen molar-refractivity contribution < 1.29 is 14.6 Å². The summed E-state index contributed by atoms with van der Waals surface area (Å²) in [5.41, 5.74) is 3.25. The molecule has 0 aliphatic rings. The zero-order valence-electron chi connectivity index (χ0n) is 19.5. The summed E-state index contributed by atoms with van der Waals surface area (Å²) in [7, 11) is 0. The largest absolute Gasteiger partial charge is 0.494 e. The maximum absolute atomic E-state index is 12.8. The number of aromatic nitrogens is 3. The van der Waals surface area contributed by atoms with Crippen LogP contribution in [0.3, 0.4) is 0 Å². The molecule has 0 unspecified atom stereocenters. The first-order valence-electron chi connectivity index (χ1n) is 11.2. The van der Waals surface area contributed by atoms with Crippen LogP contribution in [0.4, 0.5) is 0 Å². The first kappa shape index (κ1) is 24.0. The van der Waals surface area contributed by atoms with Crippen LogP contribution in [-0.2, 0) is 24.3 Å². The molecule has 1 N–H and O–H groups in total. The van der Waals surface area contributed by atoms with Gasteiger partial charge in [-0.05, 0) is 56.0 Å². The Morgan fingerprint density at radius 1 is 1.12 bits per heavy atom. The van der Waals surface area contributed by atoms with E-state index in [-0.39, 0.29) is 11.3 Å². The summed E-state index contributed by atoms with van der Waals surface area (Å²) >= 11 is 0. The Kier molecular flexibility index (Phi) is 8.24. The van der Waals surface area contributed by atoms with E-state index in [0.717, 1.165) is 35.5 Å². The van der Waals surface area contributed by atoms with Gasteiger partial charge in [-0.1, -0.05) is 48.9 Å². The van der Waals surface area contributed by atoms with Gasteiger partial charge >= 0.3 is 11.7 Å². The number of hydrogen-bond donors (Lipinski definition) is 1. The Morgan fingerprint density at radius 2 is 1.82 bits per heavy atom. The van der Waals surface area contributed by atoms with Crippen molar-refractivity contribution in [1.82, 2.24) is 14.3 Å². The number of nitrogens with zero attached hydrogens (tertiary/aromatic N) is 3. The molecule has 1 heterocycles. The number of aryl methyl sites for hydroxylation is 2. The normalized spacial score (nSPS) is 11.5. The summed E-state index contributed by atoms with van der Waals surface area (Å²) in [6, 6.07) is 15.4. The van der Waals surface area contributed by atoms with Crippen molar-refractivity contribution in [2.45, 2.75) is 53.1 Å². The van der Waals surface area contributed by atoms with Crippen LogP contribution in [0.2, 0.25) is 0 Å². The topological polar surface area (TPSA) is 86.3 Å². The predicted molar refractivity (Wildman–Crippen MR) is 129 cm³/mol. The smallest absolute Gasteiger partial charge is 0.346 e. The molecule has 2 aromatic carbocycles. The minimum Gasteiger partial charge on any atom is -0.494 e. The van der Waals surface area contributed by atoms with Crippen LogP contribution in [0, 0.1) is 6.92 Å². The lowest BCUT2D eigenvalue weighted by molar-refractivity contribution is -0.132. The fourth-order valence-electron chi connectivity index (χ4n) is 3.48. The third kappa shape index (κ3) is 6.68. The average Bonchev–Trinajstić information content (AvgIpc) is 3.08. The first-order valence-corrected chi connectivity index (χ1v) is 11.2. The molecule has 33 heavy (non-hydrogen) atoms. The van der Waals surface area contributed by atoms with E-state index in [1.807, 2.05) is 62.4 Å². The average molecular weight is 450 g/mol. The van der Waals surface area contributed by atoms with Gasteiger partial charge in [0, 0.05) is 18.5 Å². The number of benzene rings is 2. The van der Waals surface area contributed by atoms with Crippen LogP contribution in [0.25, 0.3) is 6.08 Å². The Bertz CT molecular complexity index is 1160. The fraction of sp³-hybridized carbons (Fsp3) is 0.346. The summed E-state index contributed by atoms with van der Waals surface area (Å²) in [5, 5.41) is 13.6. The number of carboxylic acid groups (broad SMARTS) is 1. The van der Waals surface area contributed by atoms with Crippen molar-refractivity contribution in [3.05, 3.63) is 87.1 Å². The monoisotopic (exact) mass is 449 g/mol. The van der Waals surface area contributed by atoms with E-state index >= 15 is 0 Å². The Morgan fingerprint density at radius 3 is 2.45 bits per heavy atom. The Hall–Kier alpha value is -3.61. The molecule has 3 aromatic rings. The van der Waals surface area contributed by atoms with Crippen LogP contribution in [-0.4, -0.2) is 32.0 Å². The second-order valence-corrected chi connectivity index (χ2v) is 8.15. The minimum absolute atomic E-state index is 0.0753. The van der Waals surface area contributed by atoms with Crippen molar-refractivity contribution in [1.29, 1.82) is 0 Å². The van der Waals surface area contributed by atoms with E-state index in [4.69, 9.17) is 9.84 Å². The van der Waals surface area contributed by atoms with Gasteiger partial charge in [0.1, 0.15) is 11.6 Å².